The summed E-state index contributed by atoms with van der Waals surface area (Å²) in [5, 5.41) is 9.59. The van der Waals surface area contributed by atoms with E-state index in [2.05, 4.69) is 30.9 Å². The van der Waals surface area contributed by atoms with Crippen LogP contribution in [0, 0.1) is 0 Å². The molecule has 0 saturated carbocycles. The van der Waals surface area contributed by atoms with Gasteiger partial charge in [-0.2, -0.15) is 0 Å². The Bertz CT molecular complexity index is 488. The van der Waals surface area contributed by atoms with Crippen LogP contribution >= 0.6 is 0 Å². The predicted octanol–water partition coefficient (Wildman–Crippen LogP) is 10.0. The van der Waals surface area contributed by atoms with E-state index in [1.807, 2.05) is 12.1 Å². The highest BCUT2D eigenvalue weighted by molar-refractivity contribution is 5.25. The second-order valence-electron chi connectivity index (χ2n) is 10.3. The molecule has 0 aromatic heterocycles. The Kier molecular flexibility index (Phi) is 20.7. The van der Waals surface area contributed by atoms with Crippen LogP contribution in [-0.4, -0.2) is 23.1 Å². The van der Waals surface area contributed by atoms with Crippen molar-refractivity contribution in [2.75, 3.05) is 13.1 Å². The molecule has 0 amide bonds. The molecule has 0 atom stereocenters. The van der Waals surface area contributed by atoms with Crippen LogP contribution in [0.3, 0.4) is 0 Å². The lowest BCUT2D eigenvalue weighted by molar-refractivity contribution is 0.252. The lowest BCUT2D eigenvalue weighted by Gasteiger charge is -2.22. The van der Waals surface area contributed by atoms with Crippen molar-refractivity contribution in [3.8, 4) is 5.75 Å². The van der Waals surface area contributed by atoms with Crippen molar-refractivity contribution in [1.82, 2.24) is 4.90 Å². The van der Waals surface area contributed by atoms with Gasteiger partial charge in [0.25, 0.3) is 0 Å². The maximum absolute atomic E-state index is 9.59. The van der Waals surface area contributed by atoms with Gasteiger partial charge in [-0.15, -0.1) is 0 Å². The molecule has 0 saturated heterocycles. The molecule has 0 bridgehead atoms. The molecule has 0 unspecified atom stereocenters. The third-order valence-electron chi connectivity index (χ3n) is 7.00. The van der Waals surface area contributed by atoms with Gasteiger partial charge >= 0.3 is 0 Å². The Balaban J connectivity index is 2.17. The molecular weight excluding hydrogens is 402 g/mol. The van der Waals surface area contributed by atoms with Gasteiger partial charge in [0.2, 0.25) is 0 Å². The summed E-state index contributed by atoms with van der Waals surface area (Å²) in [7, 11) is 0. The minimum absolute atomic E-state index is 0.370. The average molecular weight is 460 g/mol. The van der Waals surface area contributed by atoms with E-state index in [4.69, 9.17) is 0 Å². The van der Waals surface area contributed by atoms with Crippen LogP contribution in [0.25, 0.3) is 0 Å². The van der Waals surface area contributed by atoms with E-state index < -0.39 is 0 Å². The highest BCUT2D eigenvalue weighted by Gasteiger charge is 2.06. The fourth-order valence-electron chi connectivity index (χ4n) is 4.78. The normalized spacial score (nSPS) is 11.5. The Morgan fingerprint density at radius 2 is 0.818 bits per heavy atom. The number of hydrogen-bond acceptors (Lipinski definition) is 2. The van der Waals surface area contributed by atoms with Crippen molar-refractivity contribution >= 4 is 0 Å². The van der Waals surface area contributed by atoms with Gasteiger partial charge in [-0.25, -0.2) is 0 Å². The third kappa shape index (κ3) is 19.0. The zero-order valence-electron chi connectivity index (χ0n) is 22.5. The van der Waals surface area contributed by atoms with E-state index in [9.17, 15) is 5.11 Å². The van der Waals surface area contributed by atoms with Gasteiger partial charge in [0.05, 0.1) is 0 Å². The van der Waals surface area contributed by atoms with Gasteiger partial charge in [0, 0.05) is 6.54 Å². The molecule has 1 aromatic rings. The van der Waals surface area contributed by atoms with Crippen LogP contribution in [0.5, 0.6) is 5.75 Å². The first-order chi connectivity index (χ1) is 16.3. The van der Waals surface area contributed by atoms with Crippen LogP contribution in [0.15, 0.2) is 24.3 Å². The summed E-state index contributed by atoms with van der Waals surface area (Å²) in [4.78, 5) is 2.65. The number of aromatic hydroxyl groups is 1. The second-order valence-corrected chi connectivity index (χ2v) is 10.3. The van der Waals surface area contributed by atoms with Gasteiger partial charge in [-0.1, -0.05) is 142 Å². The Labute approximate surface area is 207 Å². The number of phenols is 1. The third-order valence-corrected chi connectivity index (χ3v) is 7.00. The number of rotatable bonds is 24. The molecule has 0 fully saturated rings. The first kappa shape index (κ1) is 30.0. The molecule has 0 spiro atoms. The van der Waals surface area contributed by atoms with E-state index in [-0.39, 0.29) is 0 Å². The standard InChI is InChI=1S/C31H57NO/c1-3-5-7-9-11-13-15-17-19-21-27-32(29-30-23-25-31(33)26-24-30)28-22-20-18-16-14-12-10-8-6-4-2/h23-26,33H,3-22,27-29H2,1-2H3. The topological polar surface area (TPSA) is 23.5 Å². The zero-order valence-corrected chi connectivity index (χ0v) is 22.5. The van der Waals surface area contributed by atoms with Gasteiger partial charge < -0.3 is 5.11 Å². The predicted molar refractivity (Wildman–Crippen MR) is 147 cm³/mol. The summed E-state index contributed by atoms with van der Waals surface area (Å²) in [6.07, 6.45) is 28.0. The summed E-state index contributed by atoms with van der Waals surface area (Å²) in [5.74, 6) is 0.370. The summed E-state index contributed by atoms with van der Waals surface area (Å²) in [6.45, 7) is 8.04. The quantitative estimate of drug-likeness (QED) is 0.155. The number of nitrogens with zero attached hydrogens (tertiary/aromatic N) is 1. The molecule has 1 aromatic carbocycles. The van der Waals surface area contributed by atoms with Crippen LogP contribution in [0.1, 0.15) is 148 Å². The van der Waals surface area contributed by atoms with Crippen molar-refractivity contribution in [2.24, 2.45) is 0 Å². The fourth-order valence-corrected chi connectivity index (χ4v) is 4.78. The number of phenolic OH excluding ortho intramolecular Hbond substituents is 1. The second kappa shape index (κ2) is 22.8. The smallest absolute Gasteiger partial charge is 0.115 e. The van der Waals surface area contributed by atoms with Crippen molar-refractivity contribution in [1.29, 1.82) is 0 Å². The van der Waals surface area contributed by atoms with E-state index in [0.717, 1.165) is 6.54 Å². The molecule has 33 heavy (non-hydrogen) atoms. The molecule has 2 heteroatoms. The molecule has 0 aliphatic rings. The van der Waals surface area contributed by atoms with E-state index in [0.29, 0.717) is 5.75 Å². The van der Waals surface area contributed by atoms with Gasteiger partial charge in [0.1, 0.15) is 5.75 Å². The number of benzene rings is 1. The lowest BCUT2D eigenvalue weighted by Crippen LogP contribution is -2.25. The van der Waals surface area contributed by atoms with Crippen molar-refractivity contribution in [3.05, 3.63) is 29.8 Å². The Morgan fingerprint density at radius 1 is 0.485 bits per heavy atom. The van der Waals surface area contributed by atoms with Gasteiger partial charge in [-0.05, 0) is 43.6 Å². The molecule has 1 rings (SSSR count). The zero-order chi connectivity index (χ0) is 23.8. The van der Waals surface area contributed by atoms with Crippen molar-refractivity contribution in [2.45, 2.75) is 149 Å². The molecule has 0 aliphatic heterocycles. The largest absolute Gasteiger partial charge is 0.508 e. The van der Waals surface area contributed by atoms with Crippen LogP contribution < -0.4 is 0 Å². The number of hydrogen-bond donors (Lipinski definition) is 1. The minimum atomic E-state index is 0.370. The van der Waals surface area contributed by atoms with Crippen molar-refractivity contribution in [3.63, 3.8) is 0 Å². The first-order valence-electron chi connectivity index (χ1n) is 14.8. The Hall–Kier alpha value is -1.02. The summed E-state index contributed by atoms with van der Waals surface area (Å²) < 4.78 is 0. The van der Waals surface area contributed by atoms with Crippen LogP contribution in [0.2, 0.25) is 0 Å². The SMILES string of the molecule is CCCCCCCCCCCCN(CCCCCCCCCCCC)Cc1ccc(O)cc1. The lowest BCUT2D eigenvalue weighted by atomic mass is 10.1. The van der Waals surface area contributed by atoms with Crippen LogP contribution in [0.4, 0.5) is 0 Å². The number of unbranched alkanes of at least 4 members (excludes halogenated alkanes) is 18. The maximum Gasteiger partial charge on any atom is 0.115 e. The average Bonchev–Trinajstić information content (AvgIpc) is 2.82. The molecular formula is C31H57NO. The van der Waals surface area contributed by atoms with Crippen LogP contribution in [-0.2, 0) is 6.54 Å². The molecule has 1 N–H and O–H groups in total. The minimum Gasteiger partial charge on any atom is -0.508 e. The fraction of sp³-hybridized carbons (Fsp3) is 0.806. The summed E-state index contributed by atoms with van der Waals surface area (Å²) >= 11 is 0. The monoisotopic (exact) mass is 459 g/mol. The van der Waals surface area contributed by atoms with E-state index in [1.54, 1.807) is 0 Å². The molecule has 0 radical (unpaired) electrons. The molecule has 2 nitrogen and oxygen atoms in total. The molecule has 0 heterocycles. The van der Waals surface area contributed by atoms with E-state index >= 15 is 0 Å². The highest BCUT2D eigenvalue weighted by Crippen LogP contribution is 2.16. The van der Waals surface area contributed by atoms with E-state index in [1.165, 1.54) is 147 Å². The van der Waals surface area contributed by atoms with Gasteiger partial charge in [-0.3, -0.25) is 4.90 Å². The van der Waals surface area contributed by atoms with Gasteiger partial charge in [0.15, 0.2) is 0 Å². The summed E-state index contributed by atoms with van der Waals surface area (Å²) in [5.41, 5.74) is 1.33. The maximum atomic E-state index is 9.59. The molecule has 192 valence electrons. The Morgan fingerprint density at radius 3 is 1.18 bits per heavy atom. The molecule has 0 aliphatic carbocycles. The summed E-state index contributed by atoms with van der Waals surface area (Å²) in [6, 6.07) is 7.82. The highest BCUT2D eigenvalue weighted by atomic mass is 16.3. The first-order valence-corrected chi connectivity index (χ1v) is 14.8. The van der Waals surface area contributed by atoms with Crippen molar-refractivity contribution < 1.29 is 5.11 Å².